The molecule has 0 aromatic rings. The first-order valence-electron chi connectivity index (χ1n) is 8.86. The number of esters is 1. The van der Waals surface area contributed by atoms with Crippen molar-refractivity contribution in [3.05, 3.63) is 23.6 Å². The Morgan fingerprint density at radius 2 is 1.79 bits per heavy atom. The van der Waals surface area contributed by atoms with Crippen molar-refractivity contribution in [2.45, 2.75) is 78.1 Å². The summed E-state index contributed by atoms with van der Waals surface area (Å²) in [5.74, 6) is 5.94. The van der Waals surface area contributed by atoms with Crippen LogP contribution in [0.3, 0.4) is 0 Å². The summed E-state index contributed by atoms with van der Waals surface area (Å²) >= 11 is 0. The first kappa shape index (κ1) is 22.7. The molecule has 0 radical (unpaired) electrons. The highest BCUT2D eigenvalue weighted by atomic mass is 28.3. The zero-order valence-corrected chi connectivity index (χ0v) is 17.0. The van der Waals surface area contributed by atoms with Gasteiger partial charge in [0.25, 0.3) is 0 Å². The Morgan fingerprint density at radius 3 is 2.42 bits per heavy atom. The van der Waals surface area contributed by atoms with Crippen LogP contribution in [0.15, 0.2) is 23.6 Å². The van der Waals surface area contributed by atoms with Crippen molar-refractivity contribution >= 4 is 14.0 Å². The van der Waals surface area contributed by atoms with Gasteiger partial charge < -0.3 is 4.74 Å². The van der Waals surface area contributed by atoms with Gasteiger partial charge in [-0.25, -0.2) is 4.39 Å². The molecule has 0 atom stereocenters. The molecule has 0 aliphatic carbocycles. The topological polar surface area (TPSA) is 26.3 Å². The number of halogens is 1. The van der Waals surface area contributed by atoms with E-state index in [2.05, 4.69) is 44.5 Å². The Kier molecular flexibility index (Phi) is 12.3. The van der Waals surface area contributed by atoms with Gasteiger partial charge in [-0.3, -0.25) is 4.79 Å². The predicted octanol–water partition coefficient (Wildman–Crippen LogP) is 6.03. The van der Waals surface area contributed by atoms with Crippen LogP contribution in [0.25, 0.3) is 0 Å². The van der Waals surface area contributed by atoms with Crippen LogP contribution in [0.5, 0.6) is 0 Å². The number of carbonyl (C=O) groups excluding carboxylic acids is 1. The molecular weight excluding hydrogens is 319 g/mol. The first-order chi connectivity index (χ1) is 11.2. The SMILES string of the molecule is CCOC(=O)CC/C(F)=C/CC/C(C)=C/CCC#CC[Si](C)(C)C. The van der Waals surface area contributed by atoms with E-state index in [9.17, 15) is 9.18 Å². The minimum absolute atomic E-state index is 0.112. The monoisotopic (exact) mass is 352 g/mol. The fourth-order valence-electron chi connectivity index (χ4n) is 1.92. The number of hydrogen-bond acceptors (Lipinski definition) is 2. The highest BCUT2D eigenvalue weighted by Crippen LogP contribution is 2.13. The summed E-state index contributed by atoms with van der Waals surface area (Å²) in [5, 5.41) is 0. The van der Waals surface area contributed by atoms with E-state index >= 15 is 0 Å². The lowest BCUT2D eigenvalue weighted by Crippen LogP contribution is -2.17. The van der Waals surface area contributed by atoms with Crippen LogP contribution in [0, 0.1) is 11.8 Å². The molecule has 0 aromatic heterocycles. The van der Waals surface area contributed by atoms with Crippen LogP contribution >= 0.6 is 0 Å². The van der Waals surface area contributed by atoms with Gasteiger partial charge in [0.05, 0.1) is 26.9 Å². The summed E-state index contributed by atoms with van der Waals surface area (Å²) in [6.07, 6.45) is 7.37. The summed E-state index contributed by atoms with van der Waals surface area (Å²) in [6, 6.07) is 1.06. The molecular formula is C20H33FO2Si. The molecule has 0 saturated carbocycles. The Balaban J connectivity index is 3.92. The largest absolute Gasteiger partial charge is 0.466 e. The first-order valence-corrected chi connectivity index (χ1v) is 12.6. The number of ether oxygens (including phenoxy) is 1. The summed E-state index contributed by atoms with van der Waals surface area (Å²) in [5.41, 5.74) is 1.26. The highest BCUT2D eigenvalue weighted by molar-refractivity contribution is 6.76. The second-order valence-corrected chi connectivity index (χ2v) is 12.6. The molecule has 0 saturated heterocycles. The van der Waals surface area contributed by atoms with Gasteiger partial charge in [0.2, 0.25) is 0 Å². The Bertz CT molecular complexity index is 490. The van der Waals surface area contributed by atoms with E-state index in [0.29, 0.717) is 13.0 Å². The normalized spacial score (nSPS) is 12.6. The number of allylic oxidation sites excluding steroid dienone is 4. The molecule has 24 heavy (non-hydrogen) atoms. The lowest BCUT2D eigenvalue weighted by Gasteiger charge is -2.09. The maximum absolute atomic E-state index is 13.6. The molecule has 0 amide bonds. The maximum atomic E-state index is 13.6. The lowest BCUT2D eigenvalue weighted by atomic mass is 10.1. The molecule has 0 heterocycles. The van der Waals surface area contributed by atoms with Crippen molar-refractivity contribution in [3.63, 3.8) is 0 Å². The van der Waals surface area contributed by atoms with Crippen molar-refractivity contribution in [2.24, 2.45) is 0 Å². The lowest BCUT2D eigenvalue weighted by molar-refractivity contribution is -0.143. The number of carbonyl (C=O) groups is 1. The van der Waals surface area contributed by atoms with E-state index in [4.69, 9.17) is 4.74 Å². The van der Waals surface area contributed by atoms with Crippen LogP contribution in [-0.4, -0.2) is 20.7 Å². The predicted molar refractivity (Wildman–Crippen MR) is 103 cm³/mol. The van der Waals surface area contributed by atoms with Crippen molar-refractivity contribution < 1.29 is 13.9 Å². The average Bonchev–Trinajstić information content (AvgIpc) is 2.48. The fourth-order valence-corrected chi connectivity index (χ4v) is 2.58. The van der Waals surface area contributed by atoms with E-state index in [-0.39, 0.29) is 24.6 Å². The quantitative estimate of drug-likeness (QED) is 0.158. The third-order valence-corrected chi connectivity index (χ3v) is 4.52. The molecule has 0 aliphatic rings. The second kappa shape index (κ2) is 13.0. The zero-order chi connectivity index (χ0) is 18.4. The fraction of sp³-hybridized carbons (Fsp3) is 0.650. The Morgan fingerprint density at radius 1 is 1.08 bits per heavy atom. The summed E-state index contributed by atoms with van der Waals surface area (Å²) in [7, 11) is -1.05. The summed E-state index contributed by atoms with van der Waals surface area (Å²) < 4.78 is 18.3. The number of rotatable bonds is 10. The molecule has 2 nitrogen and oxygen atoms in total. The highest BCUT2D eigenvalue weighted by Gasteiger charge is 2.09. The van der Waals surface area contributed by atoms with Gasteiger partial charge in [-0.2, -0.15) is 0 Å². The molecule has 0 spiro atoms. The van der Waals surface area contributed by atoms with Gasteiger partial charge in [0.1, 0.15) is 0 Å². The van der Waals surface area contributed by atoms with Crippen LogP contribution in [0.1, 0.15) is 52.4 Å². The molecule has 0 unspecified atom stereocenters. The standard InChI is InChI=1S/C20H33FO2Si/c1-6-23-20(22)16-15-19(21)14-11-13-18(2)12-9-7-8-10-17-24(3,4)5/h12,14H,6-7,9,11,13,15-17H2,1-5H3/b18-12+,19-14-. The molecule has 0 aliphatic heterocycles. The minimum atomic E-state index is -1.05. The average molecular weight is 353 g/mol. The molecule has 0 N–H and O–H groups in total. The second-order valence-electron chi connectivity index (χ2n) is 7.17. The summed E-state index contributed by atoms with van der Waals surface area (Å²) in [6.45, 7) is 11.1. The zero-order valence-electron chi connectivity index (χ0n) is 16.0. The van der Waals surface area contributed by atoms with Gasteiger partial charge in [-0.15, -0.1) is 11.8 Å². The van der Waals surface area contributed by atoms with Crippen molar-refractivity contribution in [3.8, 4) is 11.8 Å². The minimum Gasteiger partial charge on any atom is -0.466 e. The van der Waals surface area contributed by atoms with Crippen LogP contribution in [-0.2, 0) is 9.53 Å². The third-order valence-electron chi connectivity index (χ3n) is 3.28. The van der Waals surface area contributed by atoms with Gasteiger partial charge >= 0.3 is 5.97 Å². The Hall–Kier alpha value is -1.34. The summed E-state index contributed by atoms with van der Waals surface area (Å²) in [4.78, 5) is 11.1. The van der Waals surface area contributed by atoms with Crippen LogP contribution in [0.4, 0.5) is 4.39 Å². The van der Waals surface area contributed by atoms with Gasteiger partial charge in [0.15, 0.2) is 0 Å². The third kappa shape index (κ3) is 15.5. The van der Waals surface area contributed by atoms with E-state index in [0.717, 1.165) is 25.3 Å². The molecule has 0 rings (SSSR count). The smallest absolute Gasteiger partial charge is 0.306 e. The van der Waals surface area contributed by atoms with Gasteiger partial charge in [0, 0.05) is 18.9 Å². The van der Waals surface area contributed by atoms with Crippen molar-refractivity contribution in [2.75, 3.05) is 6.61 Å². The Labute approximate surface area is 148 Å². The van der Waals surface area contributed by atoms with E-state index in [1.54, 1.807) is 13.0 Å². The van der Waals surface area contributed by atoms with Gasteiger partial charge in [-0.1, -0.05) is 37.4 Å². The number of unbranched alkanes of at least 4 members (excludes halogenated alkanes) is 1. The molecule has 136 valence electrons. The molecule has 0 bridgehead atoms. The molecule has 4 heteroatoms. The van der Waals surface area contributed by atoms with E-state index < -0.39 is 8.07 Å². The van der Waals surface area contributed by atoms with Crippen LogP contribution in [0.2, 0.25) is 25.7 Å². The van der Waals surface area contributed by atoms with E-state index in [1.807, 2.05) is 0 Å². The molecule has 0 aromatic carbocycles. The maximum Gasteiger partial charge on any atom is 0.306 e. The van der Waals surface area contributed by atoms with Gasteiger partial charge in [-0.05, 0) is 33.1 Å². The molecule has 0 fully saturated rings. The number of hydrogen-bond donors (Lipinski definition) is 0. The van der Waals surface area contributed by atoms with E-state index in [1.165, 1.54) is 5.57 Å². The van der Waals surface area contributed by atoms with Crippen molar-refractivity contribution in [1.82, 2.24) is 0 Å². The van der Waals surface area contributed by atoms with Crippen LogP contribution < -0.4 is 0 Å². The van der Waals surface area contributed by atoms with Crippen molar-refractivity contribution in [1.29, 1.82) is 0 Å².